The Morgan fingerprint density at radius 1 is 0.963 bits per heavy atom. The Labute approximate surface area is 164 Å². The van der Waals surface area contributed by atoms with E-state index < -0.39 is 5.97 Å². The van der Waals surface area contributed by atoms with Crippen LogP contribution in [0.1, 0.15) is 76.7 Å². The molecule has 1 aromatic carbocycles. The van der Waals surface area contributed by atoms with Gasteiger partial charge in [-0.1, -0.05) is 88.6 Å². The number of carboxylic acids is 1. The third-order valence-electron chi connectivity index (χ3n) is 4.52. The second kappa shape index (κ2) is 15.0. The zero-order valence-corrected chi connectivity index (χ0v) is 17.1. The number of benzene rings is 1. The topological polar surface area (TPSA) is 48.9 Å². The summed E-state index contributed by atoms with van der Waals surface area (Å²) in [7, 11) is 2.03. The van der Waals surface area contributed by atoms with Crippen molar-refractivity contribution >= 4 is 5.97 Å². The first kappa shape index (κ1) is 22.9. The van der Waals surface area contributed by atoms with E-state index in [0.29, 0.717) is 0 Å². The number of carbonyl (C=O) groups is 1. The normalized spacial score (nSPS) is 10.3. The van der Waals surface area contributed by atoms with E-state index in [0.717, 1.165) is 19.4 Å². The summed E-state index contributed by atoms with van der Waals surface area (Å²) >= 11 is 0. The van der Waals surface area contributed by atoms with Gasteiger partial charge in [0, 0.05) is 5.97 Å². The van der Waals surface area contributed by atoms with Crippen molar-refractivity contribution in [3.05, 3.63) is 54.6 Å². The van der Waals surface area contributed by atoms with Gasteiger partial charge in [-0.3, -0.25) is 0 Å². The van der Waals surface area contributed by atoms with Crippen molar-refractivity contribution in [1.29, 1.82) is 0 Å². The largest absolute Gasteiger partial charge is 0.550 e. The van der Waals surface area contributed by atoms with Crippen LogP contribution in [0.25, 0.3) is 0 Å². The number of aryl methyl sites for hydroxylation is 1. The Hall–Kier alpha value is -2.10. The molecule has 0 aliphatic rings. The number of rotatable bonds is 12. The molecule has 0 saturated carbocycles. The molecule has 0 fully saturated rings. The van der Waals surface area contributed by atoms with Crippen LogP contribution in [0, 0.1) is 0 Å². The van der Waals surface area contributed by atoms with Crippen LogP contribution in [0.4, 0.5) is 0 Å². The number of carboxylic acid groups (broad SMARTS) is 1. The lowest BCUT2D eigenvalue weighted by Crippen LogP contribution is -2.23. The molecule has 2 rings (SSSR count). The highest BCUT2D eigenvalue weighted by atomic mass is 16.4. The van der Waals surface area contributed by atoms with Crippen molar-refractivity contribution in [2.24, 2.45) is 7.05 Å². The minimum absolute atomic E-state index is 0.232. The van der Waals surface area contributed by atoms with E-state index in [1.807, 2.05) is 23.9 Å². The quantitative estimate of drug-likeness (QED) is 0.417. The standard InChI is InChI=1S/C12H24O2.C11H13N2/c1-2-3-4-5-6-7-8-9-10-11-12(13)14;1-12-7-8-13(10-12)9-11-5-3-2-4-6-11/h2-11H2,1H3,(H,13,14);2-8,10H,9H2,1H3/q;+1/p-1. The van der Waals surface area contributed by atoms with Gasteiger partial charge in [-0.25, -0.2) is 9.13 Å². The Morgan fingerprint density at radius 2 is 1.56 bits per heavy atom. The molecule has 150 valence electrons. The van der Waals surface area contributed by atoms with Crippen LogP contribution in [0.2, 0.25) is 0 Å². The second-order valence-electron chi connectivity index (χ2n) is 7.19. The fourth-order valence-corrected chi connectivity index (χ4v) is 2.97. The molecule has 0 amide bonds. The minimum atomic E-state index is -0.909. The molecule has 4 heteroatoms. The highest BCUT2D eigenvalue weighted by Crippen LogP contribution is 2.10. The van der Waals surface area contributed by atoms with Crippen LogP contribution >= 0.6 is 0 Å². The van der Waals surface area contributed by atoms with Gasteiger partial charge in [0.15, 0.2) is 0 Å². The van der Waals surface area contributed by atoms with E-state index >= 15 is 0 Å². The third kappa shape index (κ3) is 12.8. The molecular weight excluding hydrogens is 336 g/mol. The Balaban J connectivity index is 0.000000270. The van der Waals surface area contributed by atoms with Crippen molar-refractivity contribution in [2.45, 2.75) is 77.7 Å². The molecule has 0 bridgehead atoms. The van der Waals surface area contributed by atoms with Gasteiger partial charge in [0.25, 0.3) is 0 Å². The summed E-state index contributed by atoms with van der Waals surface area (Å²) in [5.41, 5.74) is 1.33. The molecular formula is C23H36N2O2. The van der Waals surface area contributed by atoms with Crippen molar-refractivity contribution in [1.82, 2.24) is 4.57 Å². The van der Waals surface area contributed by atoms with Crippen LogP contribution in [0.3, 0.4) is 0 Å². The monoisotopic (exact) mass is 372 g/mol. The summed E-state index contributed by atoms with van der Waals surface area (Å²) in [5, 5.41) is 10.1. The Morgan fingerprint density at radius 3 is 2.07 bits per heavy atom. The van der Waals surface area contributed by atoms with Gasteiger partial charge in [-0.15, -0.1) is 0 Å². The first-order valence-corrected chi connectivity index (χ1v) is 10.4. The van der Waals surface area contributed by atoms with Crippen LogP contribution < -0.4 is 9.67 Å². The zero-order chi connectivity index (χ0) is 19.7. The third-order valence-corrected chi connectivity index (χ3v) is 4.52. The van der Waals surface area contributed by atoms with E-state index in [2.05, 4.69) is 48.3 Å². The predicted molar refractivity (Wildman–Crippen MR) is 108 cm³/mol. The number of unbranched alkanes of at least 4 members (excludes halogenated alkanes) is 8. The average Bonchev–Trinajstić information content (AvgIpc) is 3.06. The SMILES string of the molecule is CCCCCCCCCCCC(=O)[O-].C[n+]1ccn(Cc2ccccc2)c1. The molecule has 2 aromatic rings. The molecule has 0 unspecified atom stereocenters. The van der Waals surface area contributed by atoms with Gasteiger partial charge < -0.3 is 9.90 Å². The minimum Gasteiger partial charge on any atom is -0.550 e. The van der Waals surface area contributed by atoms with Crippen LogP contribution in [0.5, 0.6) is 0 Å². The van der Waals surface area contributed by atoms with E-state index in [4.69, 9.17) is 0 Å². The summed E-state index contributed by atoms with van der Waals surface area (Å²) < 4.78 is 4.21. The molecule has 0 N–H and O–H groups in total. The summed E-state index contributed by atoms with van der Waals surface area (Å²) in [4.78, 5) is 10.1. The summed E-state index contributed by atoms with van der Waals surface area (Å²) in [6, 6.07) is 10.5. The first-order valence-electron chi connectivity index (χ1n) is 10.4. The maximum Gasteiger partial charge on any atom is 0.243 e. The summed E-state index contributed by atoms with van der Waals surface area (Å²) in [5.74, 6) is -0.909. The molecule has 27 heavy (non-hydrogen) atoms. The number of carbonyl (C=O) groups excluding carboxylic acids is 1. The number of hydrogen-bond donors (Lipinski definition) is 0. The number of aromatic nitrogens is 2. The van der Waals surface area contributed by atoms with Crippen molar-refractivity contribution in [3.8, 4) is 0 Å². The first-order chi connectivity index (χ1) is 13.1. The van der Waals surface area contributed by atoms with Gasteiger partial charge in [0.1, 0.15) is 18.9 Å². The van der Waals surface area contributed by atoms with Gasteiger partial charge in [0.05, 0.1) is 7.05 Å². The van der Waals surface area contributed by atoms with Crippen LogP contribution in [0.15, 0.2) is 49.1 Å². The maximum atomic E-state index is 10.1. The van der Waals surface area contributed by atoms with Gasteiger partial charge >= 0.3 is 0 Å². The Kier molecular flexibility index (Phi) is 12.7. The lowest BCUT2D eigenvalue weighted by Gasteiger charge is -2.02. The predicted octanol–water partition coefficient (Wildman–Crippen LogP) is 4.02. The van der Waals surface area contributed by atoms with Gasteiger partial charge in [0.2, 0.25) is 6.33 Å². The summed E-state index contributed by atoms with van der Waals surface area (Å²) in [6.07, 6.45) is 17.4. The molecule has 0 radical (unpaired) electrons. The number of nitrogens with zero attached hydrogens (tertiary/aromatic N) is 2. The fourth-order valence-electron chi connectivity index (χ4n) is 2.97. The van der Waals surface area contributed by atoms with E-state index in [1.54, 1.807) is 0 Å². The number of aliphatic carboxylic acids is 1. The van der Waals surface area contributed by atoms with Gasteiger partial charge in [-0.05, 0) is 18.4 Å². The molecule has 1 aromatic heterocycles. The van der Waals surface area contributed by atoms with E-state index in [9.17, 15) is 9.90 Å². The number of hydrogen-bond acceptors (Lipinski definition) is 2. The lowest BCUT2D eigenvalue weighted by atomic mass is 10.1. The number of imidazole rings is 1. The van der Waals surface area contributed by atoms with Crippen molar-refractivity contribution < 1.29 is 14.5 Å². The lowest BCUT2D eigenvalue weighted by molar-refractivity contribution is -0.671. The Bertz CT molecular complexity index is 608. The molecule has 0 atom stereocenters. The zero-order valence-electron chi connectivity index (χ0n) is 17.1. The van der Waals surface area contributed by atoms with Crippen LogP contribution in [-0.2, 0) is 18.4 Å². The van der Waals surface area contributed by atoms with Gasteiger partial charge in [-0.2, -0.15) is 0 Å². The van der Waals surface area contributed by atoms with Crippen LogP contribution in [-0.4, -0.2) is 10.5 Å². The second-order valence-corrected chi connectivity index (χ2v) is 7.19. The fraction of sp³-hybridized carbons (Fsp3) is 0.565. The molecule has 0 aliphatic carbocycles. The van der Waals surface area contributed by atoms with Crippen molar-refractivity contribution in [2.75, 3.05) is 0 Å². The smallest absolute Gasteiger partial charge is 0.243 e. The highest BCUT2D eigenvalue weighted by molar-refractivity contribution is 5.64. The average molecular weight is 373 g/mol. The van der Waals surface area contributed by atoms with E-state index in [1.165, 1.54) is 50.5 Å². The maximum absolute atomic E-state index is 10.1. The molecule has 0 aliphatic heterocycles. The van der Waals surface area contributed by atoms with E-state index in [-0.39, 0.29) is 6.42 Å². The molecule has 0 saturated heterocycles. The molecule has 0 spiro atoms. The highest BCUT2D eigenvalue weighted by Gasteiger charge is 1.99. The van der Waals surface area contributed by atoms with Crippen molar-refractivity contribution in [3.63, 3.8) is 0 Å². The summed E-state index contributed by atoms with van der Waals surface area (Å²) in [6.45, 7) is 3.17. The molecule has 1 heterocycles. The molecule has 4 nitrogen and oxygen atoms in total.